The molecule has 1 unspecified atom stereocenters. The van der Waals surface area contributed by atoms with Crippen LogP contribution in [0.3, 0.4) is 0 Å². The van der Waals surface area contributed by atoms with Crippen LogP contribution in [0.5, 0.6) is 0 Å². The summed E-state index contributed by atoms with van der Waals surface area (Å²) in [6.07, 6.45) is 0.662. The molecule has 0 radical (unpaired) electrons. The highest BCUT2D eigenvalue weighted by atomic mass is 32.1. The Bertz CT molecular complexity index is 832. The van der Waals surface area contributed by atoms with Gasteiger partial charge < -0.3 is 10.1 Å². The maximum absolute atomic E-state index is 12.3. The van der Waals surface area contributed by atoms with Crippen LogP contribution in [-0.4, -0.2) is 18.5 Å². The number of carbonyl (C=O) groups excluding carboxylic acids is 2. The zero-order valence-corrected chi connectivity index (χ0v) is 14.9. The first-order chi connectivity index (χ1) is 12.7. The molecule has 1 N–H and O–H groups in total. The summed E-state index contributed by atoms with van der Waals surface area (Å²) in [6.45, 7) is -0.299. The molecule has 0 aliphatic rings. The Hall–Kier alpha value is -2.92. The Morgan fingerprint density at radius 1 is 0.962 bits per heavy atom. The largest absolute Gasteiger partial charge is 0.452 e. The van der Waals surface area contributed by atoms with Gasteiger partial charge in [-0.1, -0.05) is 60.7 Å². The lowest BCUT2D eigenvalue weighted by Gasteiger charge is -2.19. The Balaban J connectivity index is 1.63. The van der Waals surface area contributed by atoms with E-state index in [1.165, 1.54) is 11.3 Å². The van der Waals surface area contributed by atoms with Crippen LogP contribution >= 0.6 is 11.3 Å². The van der Waals surface area contributed by atoms with Crippen molar-refractivity contribution >= 4 is 23.2 Å². The van der Waals surface area contributed by atoms with Gasteiger partial charge in [-0.15, -0.1) is 0 Å². The Morgan fingerprint density at radius 3 is 2.31 bits per heavy atom. The number of esters is 1. The molecule has 0 bridgehead atoms. The number of benzene rings is 2. The molecule has 3 aromatic rings. The Labute approximate surface area is 156 Å². The van der Waals surface area contributed by atoms with Crippen LogP contribution in [0.2, 0.25) is 0 Å². The summed E-state index contributed by atoms with van der Waals surface area (Å²) in [7, 11) is 0. The third-order valence-electron chi connectivity index (χ3n) is 3.91. The average molecular weight is 365 g/mol. The van der Waals surface area contributed by atoms with E-state index in [0.29, 0.717) is 12.0 Å². The molecule has 4 nitrogen and oxygen atoms in total. The fourth-order valence-electron chi connectivity index (χ4n) is 2.62. The zero-order chi connectivity index (χ0) is 18.2. The predicted octanol–water partition coefficient (Wildman–Crippen LogP) is 4.01. The summed E-state index contributed by atoms with van der Waals surface area (Å²) in [6, 6.07) is 21.2. The van der Waals surface area contributed by atoms with E-state index >= 15 is 0 Å². The first-order valence-corrected chi connectivity index (χ1v) is 9.24. The smallest absolute Gasteiger partial charge is 0.339 e. The van der Waals surface area contributed by atoms with E-state index in [2.05, 4.69) is 5.32 Å². The topological polar surface area (TPSA) is 55.4 Å². The monoisotopic (exact) mass is 365 g/mol. The van der Waals surface area contributed by atoms with Gasteiger partial charge in [0.1, 0.15) is 0 Å². The van der Waals surface area contributed by atoms with Gasteiger partial charge in [-0.05, 0) is 29.0 Å². The van der Waals surface area contributed by atoms with Crippen LogP contribution in [0, 0.1) is 0 Å². The van der Waals surface area contributed by atoms with Crippen LogP contribution in [0.4, 0.5) is 0 Å². The molecule has 0 saturated carbocycles. The molecule has 26 heavy (non-hydrogen) atoms. The highest BCUT2D eigenvalue weighted by Crippen LogP contribution is 2.18. The summed E-state index contributed by atoms with van der Waals surface area (Å²) in [5.74, 6) is -0.806. The highest BCUT2D eigenvalue weighted by Gasteiger charge is 2.17. The number of rotatable bonds is 7. The molecule has 1 amide bonds. The molecule has 1 aromatic heterocycles. The molecule has 132 valence electrons. The van der Waals surface area contributed by atoms with Crippen LogP contribution in [0.25, 0.3) is 0 Å². The van der Waals surface area contributed by atoms with Gasteiger partial charge in [0.05, 0.1) is 11.6 Å². The van der Waals surface area contributed by atoms with Gasteiger partial charge in [-0.25, -0.2) is 4.79 Å². The number of amides is 1. The normalized spacial score (nSPS) is 11.5. The van der Waals surface area contributed by atoms with Gasteiger partial charge in [-0.3, -0.25) is 4.79 Å². The van der Waals surface area contributed by atoms with Crippen molar-refractivity contribution in [2.45, 2.75) is 12.5 Å². The maximum Gasteiger partial charge on any atom is 0.339 e. The molecule has 0 aliphatic carbocycles. The second-order valence-corrected chi connectivity index (χ2v) is 6.59. The van der Waals surface area contributed by atoms with E-state index < -0.39 is 5.97 Å². The molecular weight excluding hydrogens is 346 g/mol. The van der Waals surface area contributed by atoms with Crippen LogP contribution < -0.4 is 5.32 Å². The number of thiophene rings is 1. The Morgan fingerprint density at radius 2 is 1.65 bits per heavy atom. The number of hydrogen-bond donors (Lipinski definition) is 1. The first-order valence-electron chi connectivity index (χ1n) is 8.30. The van der Waals surface area contributed by atoms with Gasteiger partial charge in [-0.2, -0.15) is 11.3 Å². The van der Waals surface area contributed by atoms with Crippen LogP contribution in [-0.2, 0) is 16.0 Å². The van der Waals surface area contributed by atoms with Gasteiger partial charge in [0, 0.05) is 5.38 Å². The van der Waals surface area contributed by atoms with Gasteiger partial charge in [0.2, 0.25) is 0 Å². The minimum Gasteiger partial charge on any atom is -0.452 e. The van der Waals surface area contributed by atoms with E-state index in [0.717, 1.165) is 11.1 Å². The molecule has 2 aromatic carbocycles. The van der Waals surface area contributed by atoms with Gasteiger partial charge in [0.15, 0.2) is 6.61 Å². The summed E-state index contributed by atoms with van der Waals surface area (Å²) in [5.41, 5.74) is 2.59. The second kappa shape index (κ2) is 8.97. The van der Waals surface area contributed by atoms with Crippen molar-refractivity contribution in [3.05, 3.63) is 94.2 Å². The summed E-state index contributed by atoms with van der Waals surface area (Å²) < 4.78 is 5.09. The molecule has 0 aliphatic heterocycles. The van der Waals surface area contributed by atoms with Crippen LogP contribution in [0.15, 0.2) is 77.5 Å². The summed E-state index contributed by atoms with van der Waals surface area (Å²) in [4.78, 5) is 24.2. The number of ether oxygens (including phenoxy) is 1. The molecule has 5 heteroatoms. The molecule has 0 saturated heterocycles. The van der Waals surface area contributed by atoms with Crippen molar-refractivity contribution < 1.29 is 14.3 Å². The minimum atomic E-state index is -0.485. The maximum atomic E-state index is 12.3. The van der Waals surface area contributed by atoms with Crippen LogP contribution in [0.1, 0.15) is 27.5 Å². The van der Waals surface area contributed by atoms with E-state index in [-0.39, 0.29) is 18.6 Å². The number of nitrogens with one attached hydrogen (secondary N) is 1. The first kappa shape index (κ1) is 17.9. The van der Waals surface area contributed by atoms with Crippen molar-refractivity contribution in [1.82, 2.24) is 5.32 Å². The zero-order valence-electron chi connectivity index (χ0n) is 14.1. The molecule has 1 heterocycles. The average Bonchev–Trinajstić information content (AvgIpc) is 3.22. The highest BCUT2D eigenvalue weighted by molar-refractivity contribution is 7.08. The third-order valence-corrected chi connectivity index (χ3v) is 4.59. The van der Waals surface area contributed by atoms with E-state index in [9.17, 15) is 9.59 Å². The number of carbonyl (C=O) groups is 2. The SMILES string of the molecule is O=C(COC(=O)c1ccsc1)NC(Cc1ccccc1)c1ccccc1. The molecule has 3 rings (SSSR count). The fourth-order valence-corrected chi connectivity index (χ4v) is 3.24. The number of hydrogen-bond acceptors (Lipinski definition) is 4. The molecule has 0 spiro atoms. The van der Waals surface area contributed by atoms with E-state index in [1.807, 2.05) is 60.7 Å². The van der Waals surface area contributed by atoms with Crippen molar-refractivity contribution in [3.63, 3.8) is 0 Å². The van der Waals surface area contributed by atoms with Gasteiger partial charge in [0.25, 0.3) is 5.91 Å². The summed E-state index contributed by atoms with van der Waals surface area (Å²) >= 11 is 1.41. The third kappa shape index (κ3) is 5.04. The van der Waals surface area contributed by atoms with Crippen molar-refractivity contribution in [2.75, 3.05) is 6.61 Å². The minimum absolute atomic E-state index is 0.189. The van der Waals surface area contributed by atoms with Crippen molar-refractivity contribution in [1.29, 1.82) is 0 Å². The van der Waals surface area contributed by atoms with Crippen molar-refractivity contribution in [2.24, 2.45) is 0 Å². The predicted molar refractivity (Wildman–Crippen MR) is 102 cm³/mol. The molecular formula is C21H19NO3S. The van der Waals surface area contributed by atoms with E-state index in [1.54, 1.807) is 16.8 Å². The quantitative estimate of drug-likeness (QED) is 0.644. The van der Waals surface area contributed by atoms with Gasteiger partial charge >= 0.3 is 5.97 Å². The Kier molecular flexibility index (Phi) is 6.17. The molecule has 1 atom stereocenters. The molecule has 0 fully saturated rings. The lowest BCUT2D eigenvalue weighted by Crippen LogP contribution is -2.33. The lowest BCUT2D eigenvalue weighted by atomic mass is 9.99. The lowest BCUT2D eigenvalue weighted by molar-refractivity contribution is -0.125. The van der Waals surface area contributed by atoms with Crippen molar-refractivity contribution in [3.8, 4) is 0 Å². The standard InChI is InChI=1S/C21H19NO3S/c23-20(14-25-21(24)18-11-12-26-15-18)22-19(17-9-5-2-6-10-17)13-16-7-3-1-4-8-16/h1-12,15,19H,13-14H2,(H,22,23). The fraction of sp³-hybridized carbons (Fsp3) is 0.143. The van der Waals surface area contributed by atoms with E-state index in [4.69, 9.17) is 4.74 Å². The summed E-state index contributed by atoms with van der Waals surface area (Å²) in [5, 5.41) is 6.46. The second-order valence-electron chi connectivity index (χ2n) is 5.81.